The standard InChI is InChI=1S/C17H15N3O6/c1-12(21)19-13-5-4-6-14(11-13)25-10-3-2-9-18-17(22)15-7-8-16(26-15)20(23)24/h4-8,11H,9-10H2,1H3,(H,18,22)(H,19,21). The molecule has 0 atom stereocenters. The number of nitro groups is 1. The molecule has 1 aromatic heterocycles. The summed E-state index contributed by atoms with van der Waals surface area (Å²) in [4.78, 5) is 32.5. The highest BCUT2D eigenvalue weighted by Gasteiger charge is 2.16. The lowest BCUT2D eigenvalue weighted by Crippen LogP contribution is -2.23. The van der Waals surface area contributed by atoms with Crippen LogP contribution in [0.5, 0.6) is 5.75 Å². The Balaban J connectivity index is 1.76. The van der Waals surface area contributed by atoms with Gasteiger partial charge in [-0.2, -0.15) is 0 Å². The van der Waals surface area contributed by atoms with Crippen LogP contribution in [0.1, 0.15) is 17.5 Å². The molecule has 0 aliphatic carbocycles. The van der Waals surface area contributed by atoms with E-state index in [1.54, 1.807) is 24.3 Å². The number of ether oxygens (including phenoxy) is 1. The molecule has 0 radical (unpaired) electrons. The van der Waals surface area contributed by atoms with Crippen molar-refractivity contribution in [2.75, 3.05) is 18.5 Å². The average molecular weight is 357 g/mol. The van der Waals surface area contributed by atoms with Gasteiger partial charge in [0.1, 0.15) is 17.3 Å². The maximum absolute atomic E-state index is 11.7. The van der Waals surface area contributed by atoms with Gasteiger partial charge in [-0.05, 0) is 18.2 Å². The molecule has 0 aliphatic rings. The molecule has 2 rings (SSSR count). The number of rotatable bonds is 6. The third-order valence-electron chi connectivity index (χ3n) is 2.92. The van der Waals surface area contributed by atoms with Crippen LogP contribution in [0.2, 0.25) is 0 Å². The highest BCUT2D eigenvalue weighted by atomic mass is 16.6. The average Bonchev–Trinajstić information content (AvgIpc) is 3.08. The second-order valence-electron chi connectivity index (χ2n) is 4.93. The summed E-state index contributed by atoms with van der Waals surface area (Å²) in [6.07, 6.45) is 0. The Bertz CT molecular complexity index is 878. The highest BCUT2D eigenvalue weighted by Crippen LogP contribution is 2.17. The quantitative estimate of drug-likeness (QED) is 0.463. The van der Waals surface area contributed by atoms with Crippen molar-refractivity contribution in [3.05, 3.63) is 52.3 Å². The maximum Gasteiger partial charge on any atom is 0.433 e. The predicted molar refractivity (Wildman–Crippen MR) is 91.7 cm³/mol. The SMILES string of the molecule is CC(=O)Nc1cccc(OCC#CCNC(=O)c2ccc([N+](=O)[O-])o2)c1. The second kappa shape index (κ2) is 8.89. The van der Waals surface area contributed by atoms with Crippen LogP contribution >= 0.6 is 0 Å². The first kappa shape index (κ1) is 18.5. The van der Waals surface area contributed by atoms with Crippen LogP contribution < -0.4 is 15.4 Å². The zero-order valence-corrected chi connectivity index (χ0v) is 13.8. The van der Waals surface area contributed by atoms with E-state index in [-0.39, 0.29) is 24.8 Å². The molecule has 9 nitrogen and oxygen atoms in total. The first-order valence-electron chi connectivity index (χ1n) is 7.44. The van der Waals surface area contributed by atoms with E-state index in [0.717, 1.165) is 6.07 Å². The lowest BCUT2D eigenvalue weighted by atomic mass is 10.3. The Morgan fingerprint density at radius 3 is 2.77 bits per heavy atom. The monoisotopic (exact) mass is 357 g/mol. The summed E-state index contributed by atoms with van der Waals surface area (Å²) < 4.78 is 10.2. The van der Waals surface area contributed by atoms with Gasteiger partial charge in [0.05, 0.1) is 12.6 Å². The van der Waals surface area contributed by atoms with E-state index in [9.17, 15) is 19.7 Å². The van der Waals surface area contributed by atoms with Gasteiger partial charge in [0, 0.05) is 18.7 Å². The van der Waals surface area contributed by atoms with E-state index in [2.05, 4.69) is 22.5 Å². The minimum Gasteiger partial charge on any atom is -0.481 e. The van der Waals surface area contributed by atoms with Gasteiger partial charge in [0.2, 0.25) is 5.91 Å². The number of benzene rings is 1. The number of nitrogens with one attached hydrogen (secondary N) is 2. The molecular formula is C17H15N3O6. The molecule has 0 bridgehead atoms. The second-order valence-corrected chi connectivity index (χ2v) is 4.93. The van der Waals surface area contributed by atoms with Crippen LogP contribution in [0, 0.1) is 22.0 Å². The number of carbonyl (C=O) groups excluding carboxylic acids is 2. The van der Waals surface area contributed by atoms with E-state index in [1.165, 1.54) is 13.0 Å². The molecule has 0 aliphatic heterocycles. The Kier molecular flexibility index (Phi) is 6.34. The molecular weight excluding hydrogens is 342 g/mol. The predicted octanol–water partition coefficient (Wildman–Crippen LogP) is 1.96. The van der Waals surface area contributed by atoms with Crippen molar-refractivity contribution in [1.82, 2.24) is 5.32 Å². The summed E-state index contributed by atoms with van der Waals surface area (Å²) in [5, 5.41) is 15.6. The number of hydrogen-bond acceptors (Lipinski definition) is 6. The van der Waals surface area contributed by atoms with Gasteiger partial charge in [0.25, 0.3) is 5.91 Å². The van der Waals surface area contributed by atoms with Gasteiger partial charge >= 0.3 is 5.88 Å². The summed E-state index contributed by atoms with van der Waals surface area (Å²) in [5.41, 5.74) is 0.614. The smallest absolute Gasteiger partial charge is 0.433 e. The third-order valence-corrected chi connectivity index (χ3v) is 2.92. The number of hydrogen-bond donors (Lipinski definition) is 2. The third kappa shape index (κ3) is 5.68. The zero-order chi connectivity index (χ0) is 18.9. The first-order valence-corrected chi connectivity index (χ1v) is 7.44. The van der Waals surface area contributed by atoms with Gasteiger partial charge < -0.3 is 19.8 Å². The van der Waals surface area contributed by atoms with Gasteiger partial charge in [-0.15, -0.1) is 0 Å². The van der Waals surface area contributed by atoms with Crippen LogP contribution in [0.4, 0.5) is 11.6 Å². The fraction of sp³-hybridized carbons (Fsp3) is 0.176. The molecule has 0 saturated carbocycles. The van der Waals surface area contributed by atoms with Crippen LogP contribution in [0.25, 0.3) is 0 Å². The fourth-order valence-electron chi connectivity index (χ4n) is 1.86. The molecule has 134 valence electrons. The molecule has 26 heavy (non-hydrogen) atoms. The topological polar surface area (TPSA) is 124 Å². The minimum absolute atomic E-state index is 0.0304. The largest absolute Gasteiger partial charge is 0.481 e. The van der Waals surface area contributed by atoms with E-state index >= 15 is 0 Å². The normalized spacial score (nSPS) is 9.58. The molecule has 0 spiro atoms. The van der Waals surface area contributed by atoms with Gasteiger partial charge in [0.15, 0.2) is 5.76 Å². The van der Waals surface area contributed by atoms with Gasteiger partial charge in [-0.1, -0.05) is 17.9 Å². The van der Waals surface area contributed by atoms with Crippen molar-refractivity contribution >= 4 is 23.4 Å². The van der Waals surface area contributed by atoms with Gasteiger partial charge in [-0.25, -0.2) is 0 Å². The molecule has 0 saturated heterocycles. The summed E-state index contributed by atoms with van der Waals surface area (Å²) >= 11 is 0. The Hall–Kier alpha value is -3.80. The minimum atomic E-state index is -0.727. The molecule has 1 aromatic carbocycles. The molecule has 9 heteroatoms. The Labute approximate surface area is 148 Å². The van der Waals surface area contributed by atoms with Gasteiger partial charge in [-0.3, -0.25) is 19.7 Å². The highest BCUT2D eigenvalue weighted by molar-refractivity contribution is 5.91. The summed E-state index contributed by atoms with van der Waals surface area (Å²) in [7, 11) is 0. The Morgan fingerprint density at radius 1 is 1.27 bits per heavy atom. The molecule has 2 N–H and O–H groups in total. The number of amides is 2. The van der Waals surface area contributed by atoms with Crippen molar-refractivity contribution in [2.45, 2.75) is 6.92 Å². The number of furan rings is 1. The van der Waals surface area contributed by atoms with E-state index < -0.39 is 16.7 Å². The maximum atomic E-state index is 11.7. The number of carbonyl (C=O) groups is 2. The van der Waals surface area contributed by atoms with Crippen molar-refractivity contribution < 1.29 is 23.7 Å². The van der Waals surface area contributed by atoms with Crippen LogP contribution in [-0.2, 0) is 4.79 Å². The molecule has 0 fully saturated rings. The molecule has 2 aromatic rings. The molecule has 1 heterocycles. The Morgan fingerprint density at radius 2 is 2.08 bits per heavy atom. The van der Waals surface area contributed by atoms with Crippen molar-refractivity contribution in [2.24, 2.45) is 0 Å². The van der Waals surface area contributed by atoms with Crippen molar-refractivity contribution in [3.63, 3.8) is 0 Å². The number of nitrogens with zero attached hydrogens (tertiary/aromatic N) is 1. The van der Waals surface area contributed by atoms with Crippen LogP contribution in [0.3, 0.4) is 0 Å². The van der Waals surface area contributed by atoms with Crippen LogP contribution in [0.15, 0.2) is 40.8 Å². The summed E-state index contributed by atoms with van der Waals surface area (Å²) in [6, 6.07) is 9.16. The lowest BCUT2D eigenvalue weighted by molar-refractivity contribution is -0.402. The molecule has 2 amide bonds. The van der Waals surface area contributed by atoms with E-state index in [1.807, 2.05) is 0 Å². The van der Waals surface area contributed by atoms with E-state index in [4.69, 9.17) is 9.15 Å². The van der Waals surface area contributed by atoms with Crippen molar-refractivity contribution in [3.8, 4) is 17.6 Å². The summed E-state index contributed by atoms with van der Waals surface area (Å²) in [6.45, 7) is 1.53. The number of anilines is 1. The fourth-order valence-corrected chi connectivity index (χ4v) is 1.86. The zero-order valence-electron chi connectivity index (χ0n) is 13.8. The lowest BCUT2D eigenvalue weighted by Gasteiger charge is -2.05. The van der Waals surface area contributed by atoms with Crippen LogP contribution in [-0.4, -0.2) is 29.9 Å². The first-order chi connectivity index (χ1) is 12.5. The van der Waals surface area contributed by atoms with Crippen molar-refractivity contribution in [1.29, 1.82) is 0 Å². The molecule has 0 unspecified atom stereocenters. The summed E-state index contributed by atoms with van der Waals surface area (Å²) in [5.74, 6) is 4.48. The van der Waals surface area contributed by atoms with E-state index in [0.29, 0.717) is 11.4 Å².